The summed E-state index contributed by atoms with van der Waals surface area (Å²) in [5.41, 5.74) is 0.411. The van der Waals surface area contributed by atoms with Crippen molar-refractivity contribution in [2.45, 2.75) is 6.04 Å². The summed E-state index contributed by atoms with van der Waals surface area (Å²) in [5, 5.41) is 11.5. The molecule has 9 heteroatoms. The topological polar surface area (TPSA) is 89.0 Å². The lowest BCUT2D eigenvalue weighted by molar-refractivity contribution is -0.140. The van der Waals surface area contributed by atoms with Gasteiger partial charge in [-0.15, -0.1) is 0 Å². The van der Waals surface area contributed by atoms with E-state index in [2.05, 4.69) is 4.98 Å². The number of Topliss-reactive ketones (excluding diaryl/α,β-unsaturated/α-hetero) is 1. The van der Waals surface area contributed by atoms with Gasteiger partial charge in [0.1, 0.15) is 17.6 Å². The quantitative estimate of drug-likeness (QED) is 0.423. The molecule has 1 unspecified atom stereocenters. The van der Waals surface area contributed by atoms with Gasteiger partial charge in [-0.2, -0.15) is 0 Å². The van der Waals surface area contributed by atoms with Gasteiger partial charge < -0.3 is 19.5 Å². The summed E-state index contributed by atoms with van der Waals surface area (Å²) in [6.45, 7) is 0.356. The number of rotatable bonds is 6. The number of hydrogen-bond donors (Lipinski definition) is 1. The minimum atomic E-state index is -0.895. The number of aromatic nitrogens is 1. The Balaban J connectivity index is 2.24. The summed E-state index contributed by atoms with van der Waals surface area (Å²) >= 11 is 12.2. The van der Waals surface area contributed by atoms with Crippen LogP contribution in [0.2, 0.25) is 10.0 Å². The fourth-order valence-electron chi connectivity index (χ4n) is 3.23. The first kappa shape index (κ1) is 21.1. The van der Waals surface area contributed by atoms with Crippen molar-refractivity contribution >= 4 is 40.7 Å². The molecule has 3 rings (SSSR count). The normalized spacial score (nSPS) is 18.3. The van der Waals surface area contributed by atoms with Crippen LogP contribution in [0.3, 0.4) is 0 Å². The van der Waals surface area contributed by atoms with Crippen molar-refractivity contribution in [3.8, 4) is 5.75 Å². The molecule has 0 aliphatic carbocycles. The minimum absolute atomic E-state index is 0.107. The lowest BCUT2D eigenvalue weighted by atomic mass is 9.98. The second-order valence-electron chi connectivity index (χ2n) is 6.21. The van der Waals surface area contributed by atoms with Crippen molar-refractivity contribution in [2.24, 2.45) is 0 Å². The third-order valence-electron chi connectivity index (χ3n) is 4.51. The monoisotopic (exact) mass is 436 g/mol. The molecule has 1 aliphatic heterocycles. The first-order valence-electron chi connectivity index (χ1n) is 8.62. The molecule has 2 heterocycles. The average molecular weight is 437 g/mol. The van der Waals surface area contributed by atoms with Crippen LogP contribution in [0.4, 0.5) is 0 Å². The van der Waals surface area contributed by atoms with Crippen LogP contribution in [0.5, 0.6) is 5.75 Å². The third-order valence-corrected chi connectivity index (χ3v) is 5.01. The van der Waals surface area contributed by atoms with E-state index in [9.17, 15) is 14.7 Å². The van der Waals surface area contributed by atoms with Gasteiger partial charge in [-0.1, -0.05) is 29.3 Å². The van der Waals surface area contributed by atoms with Crippen LogP contribution in [0, 0.1) is 0 Å². The highest BCUT2D eigenvalue weighted by atomic mass is 35.5. The summed E-state index contributed by atoms with van der Waals surface area (Å²) in [5.74, 6) is -1.91. The van der Waals surface area contributed by atoms with Crippen molar-refractivity contribution in [3.05, 3.63) is 63.4 Å². The highest BCUT2D eigenvalue weighted by molar-refractivity contribution is 6.46. The Bertz CT molecular complexity index is 978. The van der Waals surface area contributed by atoms with E-state index < -0.39 is 23.5 Å². The molecule has 1 saturated heterocycles. The lowest BCUT2D eigenvalue weighted by Crippen LogP contribution is -2.33. The molecule has 7 nitrogen and oxygen atoms in total. The number of methoxy groups -OCH3 is 2. The van der Waals surface area contributed by atoms with E-state index >= 15 is 0 Å². The zero-order valence-electron chi connectivity index (χ0n) is 15.7. The molecule has 152 valence electrons. The van der Waals surface area contributed by atoms with Crippen LogP contribution in [-0.4, -0.2) is 54.1 Å². The van der Waals surface area contributed by atoms with Crippen LogP contribution in [0.1, 0.15) is 17.3 Å². The first-order valence-corrected chi connectivity index (χ1v) is 9.38. The van der Waals surface area contributed by atoms with E-state index in [1.165, 1.54) is 31.3 Å². The molecule has 1 aromatic carbocycles. The van der Waals surface area contributed by atoms with E-state index in [4.69, 9.17) is 32.7 Å². The molecular formula is C20H18Cl2N2O5. The lowest BCUT2D eigenvalue weighted by Gasteiger charge is -2.24. The third kappa shape index (κ3) is 3.94. The fraction of sp³-hybridized carbons (Fsp3) is 0.250. The molecule has 1 atom stereocenters. The smallest absolute Gasteiger partial charge is 0.295 e. The number of aliphatic hydroxyl groups is 1. The number of halogens is 2. The highest BCUT2D eigenvalue weighted by Crippen LogP contribution is 2.42. The van der Waals surface area contributed by atoms with Gasteiger partial charge in [0.05, 0.1) is 35.6 Å². The average Bonchev–Trinajstić information content (AvgIpc) is 2.96. The van der Waals surface area contributed by atoms with E-state index in [0.717, 1.165) is 0 Å². The molecule has 1 N–H and O–H groups in total. The summed E-state index contributed by atoms with van der Waals surface area (Å²) in [6.07, 6.45) is 1.54. The van der Waals surface area contributed by atoms with Crippen molar-refractivity contribution in [2.75, 3.05) is 27.4 Å². The van der Waals surface area contributed by atoms with Crippen LogP contribution < -0.4 is 4.74 Å². The number of ketones is 1. The van der Waals surface area contributed by atoms with Crippen LogP contribution in [0.25, 0.3) is 5.76 Å². The summed E-state index contributed by atoms with van der Waals surface area (Å²) in [4.78, 5) is 31.2. The predicted octanol–water partition coefficient (Wildman–Crippen LogP) is 3.47. The van der Waals surface area contributed by atoms with Crippen LogP contribution in [-0.2, 0) is 14.3 Å². The summed E-state index contributed by atoms with van der Waals surface area (Å²) < 4.78 is 10.3. The Morgan fingerprint density at radius 1 is 1.24 bits per heavy atom. The number of amides is 1. The molecule has 1 fully saturated rings. The van der Waals surface area contributed by atoms with Crippen LogP contribution >= 0.6 is 23.2 Å². The van der Waals surface area contributed by atoms with Crippen molar-refractivity contribution in [1.82, 2.24) is 9.88 Å². The maximum absolute atomic E-state index is 12.9. The molecule has 0 radical (unpaired) electrons. The van der Waals surface area contributed by atoms with Crippen molar-refractivity contribution in [3.63, 3.8) is 0 Å². The number of carbonyl (C=O) groups is 2. The van der Waals surface area contributed by atoms with Gasteiger partial charge in [0.25, 0.3) is 11.7 Å². The van der Waals surface area contributed by atoms with Gasteiger partial charge in [-0.3, -0.25) is 14.6 Å². The van der Waals surface area contributed by atoms with Gasteiger partial charge in [0.2, 0.25) is 0 Å². The second-order valence-corrected chi connectivity index (χ2v) is 7.05. The van der Waals surface area contributed by atoms with Gasteiger partial charge in [0, 0.05) is 24.9 Å². The number of benzene rings is 1. The largest absolute Gasteiger partial charge is 0.507 e. The Hall–Kier alpha value is -2.61. The van der Waals surface area contributed by atoms with Gasteiger partial charge in [-0.05, 0) is 24.3 Å². The Kier molecular flexibility index (Phi) is 6.42. The standard InChI is InChI=1S/C20H18Cl2N2O5/c1-28-8-7-24-16(14-5-3-4-6-23-14)15(18(26)20(24)27)17(25)12-9-11(21)10-13(22)19(12)29-2/h3-6,9-10,16,25H,7-8H2,1-2H3/b17-15+. The van der Waals surface area contributed by atoms with Gasteiger partial charge in [-0.25, -0.2) is 0 Å². The molecule has 1 aliphatic rings. The van der Waals surface area contributed by atoms with Gasteiger partial charge in [0.15, 0.2) is 0 Å². The molecule has 29 heavy (non-hydrogen) atoms. The van der Waals surface area contributed by atoms with Crippen molar-refractivity contribution in [1.29, 1.82) is 0 Å². The maximum atomic E-state index is 12.9. The number of likely N-dealkylation sites (tertiary alicyclic amines) is 1. The second kappa shape index (κ2) is 8.82. The SMILES string of the molecule is COCCN1C(=O)C(=O)/C(=C(/O)c2cc(Cl)cc(Cl)c2OC)C1c1ccccn1. The Morgan fingerprint density at radius 2 is 2.00 bits per heavy atom. The molecule has 2 aromatic rings. The first-order chi connectivity index (χ1) is 13.9. The number of hydrogen-bond acceptors (Lipinski definition) is 6. The molecule has 0 saturated carbocycles. The highest BCUT2D eigenvalue weighted by Gasteiger charge is 2.46. The van der Waals surface area contributed by atoms with E-state index in [-0.39, 0.29) is 40.1 Å². The molecule has 1 amide bonds. The number of ether oxygens (including phenoxy) is 2. The summed E-state index contributed by atoms with van der Waals surface area (Å²) in [7, 11) is 2.87. The maximum Gasteiger partial charge on any atom is 0.295 e. The fourth-order valence-corrected chi connectivity index (χ4v) is 3.80. The van der Waals surface area contributed by atoms with Crippen molar-refractivity contribution < 1.29 is 24.2 Å². The predicted molar refractivity (Wildman–Crippen MR) is 108 cm³/mol. The van der Waals surface area contributed by atoms with E-state index in [0.29, 0.717) is 5.69 Å². The van der Waals surface area contributed by atoms with E-state index in [1.807, 2.05) is 0 Å². The summed E-state index contributed by atoms with van der Waals surface area (Å²) in [6, 6.07) is 7.09. The van der Waals surface area contributed by atoms with Gasteiger partial charge >= 0.3 is 0 Å². The Morgan fingerprint density at radius 3 is 2.62 bits per heavy atom. The number of aliphatic hydroxyl groups excluding tert-OH is 1. The minimum Gasteiger partial charge on any atom is -0.507 e. The zero-order chi connectivity index (χ0) is 21.1. The Labute approximate surface area is 177 Å². The number of carbonyl (C=O) groups excluding carboxylic acids is 2. The molecule has 0 spiro atoms. The molecule has 1 aromatic heterocycles. The number of pyridine rings is 1. The number of nitrogens with zero attached hydrogens (tertiary/aromatic N) is 2. The molecule has 0 bridgehead atoms. The van der Waals surface area contributed by atoms with Crippen LogP contribution in [0.15, 0.2) is 42.1 Å². The molecular weight excluding hydrogens is 419 g/mol. The van der Waals surface area contributed by atoms with E-state index in [1.54, 1.807) is 24.4 Å². The zero-order valence-corrected chi connectivity index (χ0v) is 17.2.